The molecule has 0 heterocycles. The minimum absolute atomic E-state index is 0.634. The lowest BCUT2D eigenvalue weighted by Gasteiger charge is -2.37. The van der Waals surface area contributed by atoms with Crippen LogP contribution < -0.4 is 0 Å². The predicted molar refractivity (Wildman–Crippen MR) is 100 cm³/mol. The third kappa shape index (κ3) is 5.93. The number of allylic oxidation sites excluding steroid dienone is 1. The highest BCUT2D eigenvalue weighted by Crippen LogP contribution is 2.40. The summed E-state index contributed by atoms with van der Waals surface area (Å²) in [6.07, 6.45) is 1.71. The maximum atomic E-state index is 3.54. The molecule has 3 heteroatoms. The van der Waals surface area contributed by atoms with Crippen LogP contribution in [0.4, 0.5) is 0 Å². The molecule has 0 saturated carbocycles. The Morgan fingerprint density at radius 1 is 0.800 bits per heavy atom. The lowest BCUT2D eigenvalue weighted by Crippen LogP contribution is -2.43. The third-order valence-corrected chi connectivity index (χ3v) is 10.3. The van der Waals surface area contributed by atoms with E-state index < -0.39 is 8.07 Å². The van der Waals surface area contributed by atoms with Crippen molar-refractivity contribution in [3.05, 3.63) is 9.47 Å². The standard InChI is InChI=1S/C17H22Br2Si/c1-14(2)20(15(3)4,16(5)6)13-11-9-7-8-10-12-17(18)19/h12,14-16H,1-6H3. The Balaban J connectivity index is 5.23. The van der Waals surface area contributed by atoms with Crippen LogP contribution in [0.15, 0.2) is 9.47 Å². The highest BCUT2D eigenvalue weighted by atomic mass is 79.9. The summed E-state index contributed by atoms with van der Waals surface area (Å²) in [5.41, 5.74) is 5.45. The molecule has 0 bridgehead atoms. The van der Waals surface area contributed by atoms with Gasteiger partial charge in [-0.3, -0.25) is 0 Å². The molecule has 0 spiro atoms. The second-order valence-corrected chi connectivity index (χ2v) is 14.0. The summed E-state index contributed by atoms with van der Waals surface area (Å²) in [5, 5.41) is 0. The zero-order valence-corrected chi connectivity index (χ0v) is 17.2. The van der Waals surface area contributed by atoms with Gasteiger partial charge in [-0.05, 0) is 72.2 Å². The summed E-state index contributed by atoms with van der Waals surface area (Å²) in [6, 6.07) is 0. The maximum absolute atomic E-state index is 3.54. The molecule has 0 nitrogen and oxygen atoms in total. The summed E-state index contributed by atoms with van der Waals surface area (Å²) >= 11 is 6.47. The van der Waals surface area contributed by atoms with Crippen LogP contribution in [0.5, 0.6) is 0 Å². The fourth-order valence-electron chi connectivity index (χ4n) is 2.76. The highest BCUT2D eigenvalue weighted by Gasteiger charge is 2.41. The molecule has 0 aliphatic heterocycles. The minimum atomic E-state index is -1.65. The van der Waals surface area contributed by atoms with Gasteiger partial charge < -0.3 is 0 Å². The number of hydrogen-bond acceptors (Lipinski definition) is 0. The van der Waals surface area contributed by atoms with Crippen molar-refractivity contribution in [3.63, 3.8) is 0 Å². The maximum Gasteiger partial charge on any atom is 0.147 e. The fourth-order valence-corrected chi connectivity index (χ4v) is 8.14. The second kappa shape index (κ2) is 9.52. The summed E-state index contributed by atoms with van der Waals surface area (Å²) in [7, 11) is -1.65. The van der Waals surface area contributed by atoms with E-state index in [9.17, 15) is 0 Å². The SMILES string of the molecule is CC(C)[Si](C#CC#CC#CC=C(Br)Br)(C(C)C)C(C)C. The Kier molecular flexibility index (Phi) is 9.33. The molecule has 0 rings (SSSR count). The molecule has 0 saturated heterocycles. The lowest BCUT2D eigenvalue weighted by molar-refractivity contribution is 0.838. The summed E-state index contributed by atoms with van der Waals surface area (Å²) in [4.78, 5) is 0. The van der Waals surface area contributed by atoms with Crippen molar-refractivity contribution in [2.75, 3.05) is 0 Å². The average molecular weight is 414 g/mol. The second-order valence-electron chi connectivity index (χ2n) is 5.60. The van der Waals surface area contributed by atoms with Crippen molar-refractivity contribution in [2.45, 2.75) is 58.2 Å². The smallest absolute Gasteiger partial charge is 0.116 e. The van der Waals surface area contributed by atoms with Gasteiger partial charge in [0.2, 0.25) is 0 Å². The van der Waals surface area contributed by atoms with Crippen molar-refractivity contribution in [1.82, 2.24) is 0 Å². The Morgan fingerprint density at radius 3 is 1.65 bits per heavy atom. The number of hydrogen-bond donors (Lipinski definition) is 0. The molecule has 0 unspecified atom stereocenters. The molecule has 0 fully saturated rings. The van der Waals surface area contributed by atoms with Gasteiger partial charge in [-0.25, -0.2) is 0 Å². The zero-order valence-electron chi connectivity index (χ0n) is 13.1. The van der Waals surface area contributed by atoms with Crippen LogP contribution in [-0.2, 0) is 0 Å². The van der Waals surface area contributed by atoms with E-state index in [4.69, 9.17) is 0 Å². The molecule has 108 valence electrons. The van der Waals surface area contributed by atoms with Gasteiger partial charge >= 0.3 is 0 Å². The molecule has 20 heavy (non-hydrogen) atoms. The summed E-state index contributed by atoms with van der Waals surface area (Å²) in [5.74, 6) is 14.3. The molecule has 0 amide bonds. The van der Waals surface area contributed by atoms with Crippen LogP contribution in [0.3, 0.4) is 0 Å². The van der Waals surface area contributed by atoms with E-state index in [1.165, 1.54) is 0 Å². The monoisotopic (exact) mass is 412 g/mol. The molecule has 0 N–H and O–H groups in total. The van der Waals surface area contributed by atoms with E-state index in [1.54, 1.807) is 6.08 Å². The topological polar surface area (TPSA) is 0 Å². The van der Waals surface area contributed by atoms with Gasteiger partial charge in [0.15, 0.2) is 0 Å². The van der Waals surface area contributed by atoms with Crippen LogP contribution >= 0.6 is 31.9 Å². The van der Waals surface area contributed by atoms with Crippen LogP contribution in [0, 0.1) is 35.1 Å². The Hall–Kier alpha value is -0.403. The van der Waals surface area contributed by atoms with E-state index in [0.29, 0.717) is 16.6 Å². The fraction of sp³-hybridized carbons (Fsp3) is 0.529. The van der Waals surface area contributed by atoms with E-state index in [-0.39, 0.29) is 0 Å². The third-order valence-electron chi connectivity index (χ3n) is 3.59. The van der Waals surface area contributed by atoms with Gasteiger partial charge in [0.05, 0.1) is 3.39 Å². The van der Waals surface area contributed by atoms with Gasteiger partial charge in [-0.1, -0.05) is 47.5 Å². The molecule has 0 radical (unpaired) electrons. The molecule has 0 aromatic heterocycles. The van der Waals surface area contributed by atoms with Crippen LogP contribution in [0.1, 0.15) is 41.5 Å². The van der Waals surface area contributed by atoms with Gasteiger partial charge in [0, 0.05) is 6.08 Å². The first-order valence-corrected chi connectivity index (χ1v) is 10.6. The molecule has 0 aliphatic rings. The van der Waals surface area contributed by atoms with Gasteiger partial charge in [0.1, 0.15) is 8.07 Å². The Labute approximate surface area is 142 Å². The van der Waals surface area contributed by atoms with Crippen LogP contribution in [-0.4, -0.2) is 8.07 Å². The first kappa shape index (κ1) is 19.6. The number of halogens is 2. The van der Waals surface area contributed by atoms with Crippen molar-refractivity contribution in [2.24, 2.45) is 0 Å². The molecule has 0 aromatic carbocycles. The molecular weight excluding hydrogens is 392 g/mol. The first-order valence-electron chi connectivity index (χ1n) is 6.79. The van der Waals surface area contributed by atoms with Crippen LogP contribution in [0.2, 0.25) is 16.6 Å². The molecular formula is C17H22Br2Si. The van der Waals surface area contributed by atoms with E-state index in [0.717, 1.165) is 3.39 Å². The Morgan fingerprint density at radius 2 is 1.25 bits per heavy atom. The van der Waals surface area contributed by atoms with Gasteiger partial charge in [-0.2, -0.15) is 0 Å². The number of rotatable bonds is 3. The minimum Gasteiger partial charge on any atom is -0.116 e. The Bertz CT molecular complexity index is 497. The lowest BCUT2D eigenvalue weighted by atomic mass is 10.5. The highest BCUT2D eigenvalue weighted by molar-refractivity contribution is 9.28. The summed E-state index contributed by atoms with van der Waals surface area (Å²) < 4.78 is 0.816. The van der Waals surface area contributed by atoms with Gasteiger partial charge in [-0.15, -0.1) is 5.54 Å². The zero-order chi connectivity index (χ0) is 15.8. The molecule has 0 aliphatic carbocycles. The van der Waals surface area contributed by atoms with E-state index >= 15 is 0 Å². The quantitative estimate of drug-likeness (QED) is 0.402. The first-order chi connectivity index (χ1) is 9.25. The van der Waals surface area contributed by atoms with Gasteiger partial charge in [0.25, 0.3) is 0 Å². The van der Waals surface area contributed by atoms with E-state index in [2.05, 4.69) is 109 Å². The normalized spacial score (nSPS) is 10.2. The van der Waals surface area contributed by atoms with Crippen molar-refractivity contribution in [3.8, 4) is 35.1 Å². The van der Waals surface area contributed by atoms with Crippen molar-refractivity contribution in [1.29, 1.82) is 0 Å². The average Bonchev–Trinajstić information content (AvgIpc) is 2.30. The summed E-state index contributed by atoms with van der Waals surface area (Å²) in [6.45, 7) is 13.8. The van der Waals surface area contributed by atoms with Crippen LogP contribution in [0.25, 0.3) is 0 Å². The van der Waals surface area contributed by atoms with Crippen molar-refractivity contribution < 1.29 is 0 Å². The largest absolute Gasteiger partial charge is 0.147 e. The molecule has 0 aromatic rings. The predicted octanol–water partition coefficient (Wildman–Crippen LogP) is 5.85. The van der Waals surface area contributed by atoms with E-state index in [1.807, 2.05) is 0 Å². The van der Waals surface area contributed by atoms with Crippen molar-refractivity contribution >= 4 is 39.9 Å². The molecule has 0 atom stereocenters.